The van der Waals surface area contributed by atoms with Gasteiger partial charge < -0.3 is 20.3 Å². The second-order valence-electron chi connectivity index (χ2n) is 3.01. The number of esters is 1. The molecule has 0 aliphatic carbocycles. The number of phenols is 1. The SMILES string of the molecule is COC(=O)[C@H](N)c1c(Br)ccc(OC)c1O. The molecule has 0 bridgehead atoms. The average Bonchev–Trinajstić information content (AvgIpc) is 2.28. The molecule has 1 rings (SSSR count). The highest BCUT2D eigenvalue weighted by atomic mass is 79.9. The smallest absolute Gasteiger partial charge is 0.327 e. The van der Waals surface area contributed by atoms with Gasteiger partial charge in [-0.15, -0.1) is 0 Å². The van der Waals surface area contributed by atoms with Crippen molar-refractivity contribution in [3.05, 3.63) is 22.2 Å². The summed E-state index contributed by atoms with van der Waals surface area (Å²) < 4.78 is 9.96. The van der Waals surface area contributed by atoms with Gasteiger partial charge in [0.2, 0.25) is 0 Å². The Bertz CT molecular complexity index is 408. The lowest BCUT2D eigenvalue weighted by atomic mass is 10.1. The molecular weight excluding hydrogens is 278 g/mol. The lowest BCUT2D eigenvalue weighted by Crippen LogP contribution is -2.23. The summed E-state index contributed by atoms with van der Waals surface area (Å²) in [5.74, 6) is -0.559. The van der Waals surface area contributed by atoms with E-state index in [-0.39, 0.29) is 17.1 Å². The summed E-state index contributed by atoms with van der Waals surface area (Å²) in [6, 6.07) is 2.14. The summed E-state index contributed by atoms with van der Waals surface area (Å²) in [7, 11) is 2.64. The van der Waals surface area contributed by atoms with Gasteiger partial charge >= 0.3 is 5.97 Å². The minimum Gasteiger partial charge on any atom is -0.504 e. The molecule has 0 unspecified atom stereocenters. The van der Waals surface area contributed by atoms with Crippen LogP contribution in [0.15, 0.2) is 16.6 Å². The quantitative estimate of drug-likeness (QED) is 0.821. The Kier molecular flexibility index (Phi) is 4.14. The summed E-state index contributed by atoms with van der Waals surface area (Å²) in [4.78, 5) is 11.3. The summed E-state index contributed by atoms with van der Waals surface area (Å²) in [5, 5.41) is 9.84. The number of carbonyl (C=O) groups excluding carboxylic acids is 1. The van der Waals surface area contributed by atoms with Crippen molar-refractivity contribution in [3.63, 3.8) is 0 Å². The zero-order valence-corrected chi connectivity index (χ0v) is 10.4. The fraction of sp³-hybridized carbons (Fsp3) is 0.300. The Morgan fingerprint density at radius 2 is 2.12 bits per heavy atom. The Labute approximate surface area is 101 Å². The van der Waals surface area contributed by atoms with E-state index in [1.165, 1.54) is 14.2 Å². The third-order valence-corrected chi connectivity index (χ3v) is 2.80. The summed E-state index contributed by atoms with van der Waals surface area (Å²) >= 11 is 3.21. The zero-order valence-electron chi connectivity index (χ0n) is 8.86. The third kappa shape index (κ3) is 2.28. The van der Waals surface area contributed by atoms with Crippen molar-refractivity contribution in [2.45, 2.75) is 6.04 Å². The van der Waals surface area contributed by atoms with Crippen molar-refractivity contribution in [2.75, 3.05) is 14.2 Å². The topological polar surface area (TPSA) is 81.8 Å². The molecule has 0 amide bonds. The summed E-state index contributed by atoms with van der Waals surface area (Å²) in [6.07, 6.45) is 0. The number of halogens is 1. The van der Waals surface area contributed by atoms with Gasteiger partial charge in [0.05, 0.1) is 14.2 Å². The second-order valence-corrected chi connectivity index (χ2v) is 3.87. The molecule has 0 aromatic heterocycles. The Hall–Kier alpha value is -1.27. The predicted octanol–water partition coefficient (Wildman–Crippen LogP) is 1.34. The van der Waals surface area contributed by atoms with Crippen molar-refractivity contribution in [1.29, 1.82) is 0 Å². The lowest BCUT2D eigenvalue weighted by Gasteiger charge is -2.15. The van der Waals surface area contributed by atoms with Crippen molar-refractivity contribution >= 4 is 21.9 Å². The van der Waals surface area contributed by atoms with Gasteiger partial charge in [-0.05, 0) is 12.1 Å². The van der Waals surface area contributed by atoms with Gasteiger partial charge in [0, 0.05) is 10.0 Å². The lowest BCUT2D eigenvalue weighted by molar-refractivity contribution is -0.142. The fourth-order valence-corrected chi connectivity index (χ4v) is 1.84. The van der Waals surface area contributed by atoms with Crippen LogP contribution in [0.3, 0.4) is 0 Å². The maximum Gasteiger partial charge on any atom is 0.327 e. The van der Waals surface area contributed by atoms with Crippen LogP contribution in [0.25, 0.3) is 0 Å². The minimum absolute atomic E-state index is 0.172. The van der Waals surface area contributed by atoms with E-state index in [0.29, 0.717) is 4.47 Å². The molecule has 0 spiro atoms. The molecule has 88 valence electrons. The van der Waals surface area contributed by atoms with E-state index in [9.17, 15) is 9.90 Å². The van der Waals surface area contributed by atoms with Crippen molar-refractivity contribution in [2.24, 2.45) is 5.73 Å². The normalized spacial score (nSPS) is 12.0. The molecule has 6 heteroatoms. The molecule has 0 fully saturated rings. The molecule has 16 heavy (non-hydrogen) atoms. The van der Waals surface area contributed by atoms with Gasteiger partial charge in [-0.25, -0.2) is 0 Å². The van der Waals surface area contributed by atoms with Gasteiger partial charge in [0.25, 0.3) is 0 Å². The molecule has 3 N–H and O–H groups in total. The highest BCUT2D eigenvalue weighted by Gasteiger charge is 2.24. The molecule has 1 atom stereocenters. The first-order valence-corrected chi connectivity index (χ1v) is 5.21. The third-order valence-electron chi connectivity index (χ3n) is 2.11. The van der Waals surface area contributed by atoms with Crippen LogP contribution in [-0.2, 0) is 9.53 Å². The van der Waals surface area contributed by atoms with Gasteiger partial charge in [0.1, 0.15) is 6.04 Å². The highest BCUT2D eigenvalue weighted by molar-refractivity contribution is 9.10. The standard InChI is InChI=1S/C10H12BrNO4/c1-15-6-4-3-5(11)7(9(6)13)8(12)10(14)16-2/h3-4,8,13H,12H2,1-2H3/t8-/m1/s1. The molecule has 0 saturated carbocycles. The number of hydrogen-bond donors (Lipinski definition) is 2. The maximum absolute atomic E-state index is 11.3. The summed E-state index contributed by atoms with van der Waals surface area (Å²) in [6.45, 7) is 0. The van der Waals surface area contributed by atoms with Gasteiger partial charge in [-0.1, -0.05) is 15.9 Å². The van der Waals surface area contributed by atoms with Crippen molar-refractivity contribution in [3.8, 4) is 11.5 Å². The fourth-order valence-electron chi connectivity index (χ4n) is 1.27. The number of benzene rings is 1. The number of nitrogens with two attached hydrogens (primary N) is 1. The molecule has 0 saturated heterocycles. The van der Waals surface area contributed by atoms with E-state index in [1.807, 2.05) is 0 Å². The van der Waals surface area contributed by atoms with E-state index in [4.69, 9.17) is 10.5 Å². The van der Waals surface area contributed by atoms with Crippen molar-refractivity contribution < 1.29 is 19.4 Å². The van der Waals surface area contributed by atoms with Crippen LogP contribution in [0.4, 0.5) is 0 Å². The van der Waals surface area contributed by atoms with E-state index in [2.05, 4.69) is 20.7 Å². The zero-order chi connectivity index (χ0) is 12.3. The number of carbonyl (C=O) groups is 1. The Morgan fingerprint density at radius 3 is 2.62 bits per heavy atom. The molecular formula is C10H12BrNO4. The predicted molar refractivity (Wildman–Crippen MR) is 61.3 cm³/mol. The molecule has 1 aromatic rings. The number of phenolic OH excluding ortho intramolecular Hbond substituents is 1. The van der Waals surface area contributed by atoms with E-state index >= 15 is 0 Å². The first-order chi connectivity index (χ1) is 7.52. The summed E-state index contributed by atoms with van der Waals surface area (Å²) in [5.41, 5.74) is 5.90. The molecule has 5 nitrogen and oxygen atoms in total. The molecule has 0 aliphatic heterocycles. The number of hydrogen-bond acceptors (Lipinski definition) is 5. The largest absolute Gasteiger partial charge is 0.504 e. The molecule has 0 heterocycles. The Balaban J connectivity index is 3.26. The molecule has 1 aromatic carbocycles. The first kappa shape index (κ1) is 12.8. The monoisotopic (exact) mass is 289 g/mol. The molecule has 0 radical (unpaired) electrons. The van der Waals surface area contributed by atoms with Gasteiger partial charge in [-0.3, -0.25) is 4.79 Å². The maximum atomic E-state index is 11.3. The van der Waals surface area contributed by atoms with Gasteiger partial charge in [-0.2, -0.15) is 0 Å². The van der Waals surface area contributed by atoms with E-state index in [0.717, 1.165) is 0 Å². The van der Waals surface area contributed by atoms with Crippen molar-refractivity contribution in [1.82, 2.24) is 0 Å². The Morgan fingerprint density at radius 1 is 1.50 bits per heavy atom. The number of aromatic hydroxyl groups is 1. The highest BCUT2D eigenvalue weighted by Crippen LogP contribution is 2.38. The van der Waals surface area contributed by atoms with Crippen LogP contribution >= 0.6 is 15.9 Å². The van der Waals surface area contributed by atoms with Gasteiger partial charge in [0.15, 0.2) is 11.5 Å². The minimum atomic E-state index is -1.06. The second kappa shape index (κ2) is 5.18. The molecule has 0 aliphatic rings. The van der Waals surface area contributed by atoms with Crippen LogP contribution in [0.5, 0.6) is 11.5 Å². The van der Waals surface area contributed by atoms with Crippen LogP contribution in [0.2, 0.25) is 0 Å². The van der Waals surface area contributed by atoms with E-state index in [1.54, 1.807) is 12.1 Å². The van der Waals surface area contributed by atoms with Crippen LogP contribution in [0.1, 0.15) is 11.6 Å². The first-order valence-electron chi connectivity index (χ1n) is 4.41. The average molecular weight is 290 g/mol. The van der Waals surface area contributed by atoms with Crippen LogP contribution < -0.4 is 10.5 Å². The number of rotatable bonds is 3. The number of ether oxygens (including phenoxy) is 2. The van der Waals surface area contributed by atoms with Crippen LogP contribution in [0, 0.1) is 0 Å². The number of methoxy groups -OCH3 is 2. The van der Waals surface area contributed by atoms with E-state index < -0.39 is 12.0 Å². The van der Waals surface area contributed by atoms with Crippen LogP contribution in [-0.4, -0.2) is 25.3 Å².